The van der Waals surface area contributed by atoms with E-state index >= 15 is 0 Å². The molecule has 2 saturated carbocycles. The maximum Gasteiger partial charge on any atom is 0.289 e. The lowest BCUT2D eigenvalue weighted by molar-refractivity contribution is -0.394. The van der Waals surface area contributed by atoms with Crippen molar-refractivity contribution in [3.8, 4) is 0 Å². The van der Waals surface area contributed by atoms with Crippen LogP contribution >= 0.6 is 0 Å². The van der Waals surface area contributed by atoms with Gasteiger partial charge in [-0.25, -0.2) is 0 Å². The molecule has 0 saturated heterocycles. The van der Waals surface area contributed by atoms with Crippen molar-refractivity contribution in [2.45, 2.75) is 38.6 Å². The van der Waals surface area contributed by atoms with Gasteiger partial charge in [-0.05, 0) is 50.0 Å². The second kappa shape index (κ2) is 6.18. The summed E-state index contributed by atoms with van der Waals surface area (Å²) in [5.41, 5.74) is -1.08. The molecule has 128 valence electrons. The first-order valence-electron chi connectivity index (χ1n) is 8.10. The Bertz CT molecular complexity index is 705. The molecule has 8 heteroatoms. The Balaban J connectivity index is 1.77. The predicted molar refractivity (Wildman–Crippen MR) is 85.6 cm³/mol. The van der Waals surface area contributed by atoms with Gasteiger partial charge in [0.2, 0.25) is 0 Å². The van der Waals surface area contributed by atoms with Crippen LogP contribution in [0.25, 0.3) is 0 Å². The van der Waals surface area contributed by atoms with Crippen molar-refractivity contribution in [2.75, 3.05) is 0 Å². The van der Waals surface area contributed by atoms with E-state index in [2.05, 4.69) is 5.32 Å². The first-order valence-corrected chi connectivity index (χ1v) is 8.10. The fraction of sp³-hybridized carbons (Fsp3) is 0.562. The number of rotatable bonds is 5. The second-order valence-corrected chi connectivity index (χ2v) is 6.82. The van der Waals surface area contributed by atoms with Gasteiger partial charge in [-0.1, -0.05) is 6.42 Å². The van der Waals surface area contributed by atoms with E-state index in [-0.39, 0.29) is 11.6 Å². The van der Waals surface area contributed by atoms with Crippen LogP contribution in [-0.4, -0.2) is 21.8 Å². The summed E-state index contributed by atoms with van der Waals surface area (Å²) >= 11 is 0. The summed E-state index contributed by atoms with van der Waals surface area (Å²) in [5.74, 6) is 1.22. The molecule has 0 unspecified atom stereocenters. The molecular weight excluding hydrogens is 314 g/mol. The molecule has 0 radical (unpaired) electrons. The summed E-state index contributed by atoms with van der Waals surface area (Å²) in [5, 5.41) is 24.8. The molecule has 0 aromatic heterocycles. The van der Waals surface area contributed by atoms with Crippen LogP contribution in [0.5, 0.6) is 0 Å². The van der Waals surface area contributed by atoms with E-state index in [4.69, 9.17) is 0 Å². The van der Waals surface area contributed by atoms with Gasteiger partial charge in [-0.15, -0.1) is 0 Å². The van der Waals surface area contributed by atoms with E-state index in [1.807, 2.05) is 6.92 Å². The van der Waals surface area contributed by atoms with Crippen LogP contribution < -0.4 is 5.32 Å². The van der Waals surface area contributed by atoms with E-state index in [1.165, 1.54) is 19.3 Å². The minimum atomic E-state index is -0.760. The molecule has 24 heavy (non-hydrogen) atoms. The number of fused-ring (bicyclic) bond motifs is 2. The monoisotopic (exact) mass is 333 g/mol. The molecule has 2 fully saturated rings. The van der Waals surface area contributed by atoms with Crippen molar-refractivity contribution >= 4 is 17.3 Å². The lowest BCUT2D eigenvalue weighted by atomic mass is 9.84. The zero-order valence-electron chi connectivity index (χ0n) is 13.3. The lowest BCUT2D eigenvalue weighted by Crippen LogP contribution is -2.40. The van der Waals surface area contributed by atoms with Crippen LogP contribution in [0, 0.1) is 38.0 Å². The first-order chi connectivity index (χ1) is 11.4. The lowest BCUT2D eigenvalue weighted by Gasteiger charge is -2.28. The third-order valence-corrected chi connectivity index (χ3v) is 5.43. The molecule has 3 rings (SSSR count). The van der Waals surface area contributed by atoms with Crippen molar-refractivity contribution in [3.05, 3.63) is 44.0 Å². The van der Waals surface area contributed by atoms with Crippen molar-refractivity contribution < 1.29 is 14.6 Å². The fourth-order valence-electron chi connectivity index (χ4n) is 4.27. The Kier molecular flexibility index (Phi) is 4.21. The van der Waals surface area contributed by atoms with Crippen LogP contribution in [0.4, 0.5) is 11.4 Å². The normalized spacial score (nSPS) is 26.1. The fourth-order valence-corrected chi connectivity index (χ4v) is 4.27. The van der Waals surface area contributed by atoms with Crippen LogP contribution in [0.3, 0.4) is 0 Å². The third kappa shape index (κ3) is 2.95. The van der Waals surface area contributed by atoms with Gasteiger partial charge in [0, 0.05) is 12.1 Å². The van der Waals surface area contributed by atoms with Gasteiger partial charge >= 0.3 is 0 Å². The molecule has 1 N–H and O–H groups in total. The molecule has 2 aliphatic rings. The number of nitrogens with zero attached hydrogens (tertiary/aromatic N) is 2. The predicted octanol–water partition coefficient (Wildman–Crippen LogP) is 3.06. The molecule has 0 heterocycles. The van der Waals surface area contributed by atoms with Crippen molar-refractivity contribution in [1.29, 1.82) is 0 Å². The number of hydrogen-bond acceptors (Lipinski definition) is 5. The highest BCUT2D eigenvalue weighted by Crippen LogP contribution is 2.49. The molecular formula is C16H19N3O5. The van der Waals surface area contributed by atoms with Gasteiger partial charge < -0.3 is 5.32 Å². The Hall–Kier alpha value is -2.51. The minimum absolute atomic E-state index is 0.0670. The standard InChI is InChI=1S/C16H19N3O5/c1-9(14-7-10-2-3-11(14)6-10)17-16(20)13-5-4-12(18(21)22)8-15(13)19(23)24/h4-5,8-11,14H,2-3,6-7H2,1H3,(H,17,20)/t9-,10+,11+,14-/m1/s1. The van der Waals surface area contributed by atoms with Crippen LogP contribution in [0.1, 0.15) is 43.0 Å². The second-order valence-electron chi connectivity index (χ2n) is 6.82. The third-order valence-electron chi connectivity index (χ3n) is 5.43. The molecule has 1 aromatic carbocycles. The Morgan fingerprint density at radius 2 is 1.96 bits per heavy atom. The molecule has 4 atom stereocenters. The van der Waals surface area contributed by atoms with E-state index in [1.54, 1.807) is 0 Å². The maximum atomic E-state index is 12.4. The van der Waals surface area contributed by atoms with Gasteiger partial charge in [-0.3, -0.25) is 25.0 Å². The Morgan fingerprint density at radius 3 is 2.50 bits per heavy atom. The quantitative estimate of drug-likeness (QED) is 0.656. The Morgan fingerprint density at radius 1 is 1.21 bits per heavy atom. The average molecular weight is 333 g/mol. The zero-order valence-corrected chi connectivity index (χ0v) is 13.3. The summed E-state index contributed by atoms with van der Waals surface area (Å²) in [4.78, 5) is 32.9. The molecule has 1 amide bonds. The van der Waals surface area contributed by atoms with E-state index in [0.717, 1.165) is 30.5 Å². The summed E-state index contributed by atoms with van der Waals surface area (Å²) in [6.45, 7) is 1.93. The summed E-state index contributed by atoms with van der Waals surface area (Å²) < 4.78 is 0. The number of nitrogens with one attached hydrogen (secondary N) is 1. The highest BCUT2D eigenvalue weighted by Gasteiger charge is 2.42. The van der Waals surface area contributed by atoms with Gasteiger partial charge in [0.1, 0.15) is 5.56 Å². The number of nitro groups is 2. The Labute approximate surface area is 138 Å². The summed E-state index contributed by atoms with van der Waals surface area (Å²) in [7, 11) is 0. The maximum absolute atomic E-state index is 12.4. The SMILES string of the molecule is C[C@@H](NC(=O)c1ccc([N+](=O)[O-])cc1[N+](=O)[O-])[C@H]1C[C@H]2CC[C@H]1C2. The number of hydrogen-bond donors (Lipinski definition) is 1. The van der Waals surface area contributed by atoms with Gasteiger partial charge in [0.25, 0.3) is 17.3 Å². The smallest absolute Gasteiger partial charge is 0.289 e. The van der Waals surface area contributed by atoms with Crippen LogP contribution in [0.15, 0.2) is 18.2 Å². The van der Waals surface area contributed by atoms with E-state index < -0.39 is 27.1 Å². The van der Waals surface area contributed by atoms with Crippen molar-refractivity contribution in [3.63, 3.8) is 0 Å². The molecule has 8 nitrogen and oxygen atoms in total. The minimum Gasteiger partial charge on any atom is -0.349 e. The van der Waals surface area contributed by atoms with Crippen molar-refractivity contribution in [2.24, 2.45) is 17.8 Å². The molecule has 0 spiro atoms. The first kappa shape index (κ1) is 16.4. The number of carbonyl (C=O) groups excluding carboxylic acids is 1. The van der Waals surface area contributed by atoms with Gasteiger partial charge in [-0.2, -0.15) is 0 Å². The number of benzene rings is 1. The van der Waals surface area contributed by atoms with Crippen LogP contribution in [0.2, 0.25) is 0 Å². The highest BCUT2D eigenvalue weighted by atomic mass is 16.6. The average Bonchev–Trinajstić information content (AvgIpc) is 3.17. The summed E-state index contributed by atoms with van der Waals surface area (Å²) in [6, 6.07) is 3.03. The van der Waals surface area contributed by atoms with Gasteiger partial charge in [0.15, 0.2) is 0 Å². The van der Waals surface area contributed by atoms with Gasteiger partial charge in [0.05, 0.1) is 15.9 Å². The number of amides is 1. The topological polar surface area (TPSA) is 115 Å². The summed E-state index contributed by atoms with van der Waals surface area (Å²) in [6.07, 6.45) is 4.75. The molecule has 0 aliphatic heterocycles. The molecule has 1 aromatic rings. The zero-order chi connectivity index (χ0) is 17.4. The molecule has 2 aliphatic carbocycles. The number of non-ortho nitro benzene ring substituents is 1. The number of nitro benzene ring substituents is 2. The molecule has 2 bridgehead atoms. The van der Waals surface area contributed by atoms with Crippen molar-refractivity contribution in [1.82, 2.24) is 5.32 Å². The largest absolute Gasteiger partial charge is 0.349 e. The number of carbonyl (C=O) groups is 1. The van der Waals surface area contributed by atoms with Crippen LogP contribution in [-0.2, 0) is 0 Å². The van der Waals surface area contributed by atoms with E-state index in [0.29, 0.717) is 11.8 Å². The highest BCUT2D eigenvalue weighted by molar-refractivity contribution is 5.98. The van der Waals surface area contributed by atoms with E-state index in [9.17, 15) is 25.0 Å².